The summed E-state index contributed by atoms with van der Waals surface area (Å²) in [7, 11) is 0. The molecule has 0 unspecified atom stereocenters. The fourth-order valence-electron chi connectivity index (χ4n) is 2.14. The second-order valence-electron chi connectivity index (χ2n) is 4.35. The van der Waals surface area contributed by atoms with Crippen molar-refractivity contribution in [1.82, 2.24) is 9.88 Å². The lowest BCUT2D eigenvalue weighted by Crippen LogP contribution is -2.41. The molecule has 1 aliphatic rings. The molecule has 0 aromatic carbocycles. The number of carbonyl (C=O) groups excluding carboxylic acids is 1. The van der Waals surface area contributed by atoms with E-state index in [0.717, 1.165) is 40.8 Å². The number of halogens is 1. The Kier molecular flexibility index (Phi) is 4.04. The third-order valence-corrected chi connectivity index (χ3v) is 5.01. The van der Waals surface area contributed by atoms with E-state index < -0.39 is 0 Å². The van der Waals surface area contributed by atoms with Gasteiger partial charge in [0.15, 0.2) is 0 Å². The molecule has 0 atom stereocenters. The van der Waals surface area contributed by atoms with Crippen LogP contribution in [0.3, 0.4) is 0 Å². The minimum atomic E-state index is -0.290. The quantitative estimate of drug-likeness (QED) is 0.865. The highest BCUT2D eigenvalue weighted by Gasteiger charge is 2.20. The van der Waals surface area contributed by atoms with E-state index in [-0.39, 0.29) is 16.9 Å². The van der Waals surface area contributed by atoms with Crippen molar-refractivity contribution < 1.29 is 4.79 Å². The van der Waals surface area contributed by atoms with Gasteiger partial charge in [-0.1, -0.05) is 30.6 Å². The molecule has 1 saturated carbocycles. The minimum absolute atomic E-state index is 0.223. The summed E-state index contributed by atoms with van der Waals surface area (Å²) in [6, 6.07) is -0.0671. The summed E-state index contributed by atoms with van der Waals surface area (Å²) < 4.78 is 1.94. The number of nitrogens with one attached hydrogen (secondary N) is 1. The fraction of sp³-hybridized carbons (Fsp3) is 0.636. The summed E-state index contributed by atoms with van der Waals surface area (Å²) in [5.41, 5.74) is 0.674. The molecule has 1 aromatic rings. The Balaban J connectivity index is 2.11. The van der Waals surface area contributed by atoms with Gasteiger partial charge in [0.05, 0.1) is 9.48 Å². The average molecular weight is 319 g/mol. The standard InChI is InChI=1S/C11H15BrN2O2S/c1-7-9(12)17-11(16)14(7)10(15)13-8-5-3-2-4-6-8/h8H,2-6H2,1H3,(H,13,15). The first kappa shape index (κ1) is 12.8. The summed E-state index contributed by atoms with van der Waals surface area (Å²) >= 11 is 4.33. The summed E-state index contributed by atoms with van der Waals surface area (Å²) in [6.45, 7) is 1.77. The summed E-state index contributed by atoms with van der Waals surface area (Å²) in [5.74, 6) is 0. The van der Waals surface area contributed by atoms with Crippen molar-refractivity contribution in [1.29, 1.82) is 0 Å². The van der Waals surface area contributed by atoms with Gasteiger partial charge < -0.3 is 5.32 Å². The first-order valence-electron chi connectivity index (χ1n) is 5.78. The van der Waals surface area contributed by atoms with Crippen LogP contribution in [0.25, 0.3) is 0 Å². The molecule has 4 nitrogen and oxygen atoms in total. The summed E-state index contributed by atoms with van der Waals surface area (Å²) in [4.78, 5) is 23.4. The average Bonchev–Trinajstić information content (AvgIpc) is 2.54. The van der Waals surface area contributed by atoms with Crippen LogP contribution in [0.5, 0.6) is 0 Å². The molecule has 2 rings (SSSR count). The number of rotatable bonds is 1. The fourth-order valence-corrected chi connectivity index (χ4v) is 3.44. The molecule has 0 spiro atoms. The SMILES string of the molecule is Cc1c(Br)sc(=O)n1C(=O)NC1CCCCC1. The van der Waals surface area contributed by atoms with Crippen LogP contribution in [-0.2, 0) is 0 Å². The molecular weight excluding hydrogens is 304 g/mol. The predicted octanol–water partition coefficient (Wildman–Crippen LogP) is 2.87. The first-order valence-corrected chi connectivity index (χ1v) is 7.39. The van der Waals surface area contributed by atoms with E-state index in [0.29, 0.717) is 5.69 Å². The molecule has 1 fully saturated rings. The molecule has 1 heterocycles. The van der Waals surface area contributed by atoms with E-state index in [2.05, 4.69) is 21.2 Å². The zero-order chi connectivity index (χ0) is 12.4. The maximum atomic E-state index is 12.0. The largest absolute Gasteiger partial charge is 0.335 e. The zero-order valence-electron chi connectivity index (χ0n) is 9.66. The number of aromatic nitrogens is 1. The molecule has 0 radical (unpaired) electrons. The third kappa shape index (κ3) is 2.80. The lowest BCUT2D eigenvalue weighted by molar-refractivity contribution is 0.233. The van der Waals surface area contributed by atoms with Gasteiger partial charge in [-0.2, -0.15) is 0 Å². The van der Waals surface area contributed by atoms with Crippen molar-refractivity contribution in [3.63, 3.8) is 0 Å². The van der Waals surface area contributed by atoms with Crippen LogP contribution in [0, 0.1) is 6.92 Å². The molecule has 17 heavy (non-hydrogen) atoms. The second kappa shape index (κ2) is 5.35. The van der Waals surface area contributed by atoms with Gasteiger partial charge in [0.25, 0.3) is 0 Å². The Bertz CT molecular complexity index is 474. The number of nitrogens with zero attached hydrogens (tertiary/aromatic N) is 1. The Labute approximate surface area is 112 Å². The molecule has 1 N–H and O–H groups in total. The van der Waals surface area contributed by atoms with E-state index in [9.17, 15) is 9.59 Å². The van der Waals surface area contributed by atoms with Gasteiger partial charge in [-0.3, -0.25) is 4.79 Å². The van der Waals surface area contributed by atoms with Gasteiger partial charge >= 0.3 is 10.9 Å². The molecule has 0 aliphatic heterocycles. The molecule has 6 heteroatoms. The van der Waals surface area contributed by atoms with Gasteiger partial charge in [0.2, 0.25) is 0 Å². The Hall–Kier alpha value is -0.620. The van der Waals surface area contributed by atoms with Gasteiger partial charge in [0, 0.05) is 6.04 Å². The number of amides is 1. The topological polar surface area (TPSA) is 51.1 Å². The zero-order valence-corrected chi connectivity index (χ0v) is 12.1. The summed E-state index contributed by atoms with van der Waals surface area (Å²) in [5, 5.41) is 2.94. The molecule has 94 valence electrons. The highest BCUT2D eigenvalue weighted by molar-refractivity contribution is 9.11. The van der Waals surface area contributed by atoms with Gasteiger partial charge in [-0.25, -0.2) is 9.36 Å². The van der Waals surface area contributed by atoms with Crippen molar-refractivity contribution in [2.24, 2.45) is 0 Å². The van der Waals surface area contributed by atoms with Crippen molar-refractivity contribution in [3.8, 4) is 0 Å². The lowest BCUT2D eigenvalue weighted by atomic mass is 9.96. The molecule has 0 saturated heterocycles. The van der Waals surface area contributed by atoms with E-state index in [1.807, 2.05) is 0 Å². The van der Waals surface area contributed by atoms with Crippen molar-refractivity contribution in [2.75, 3.05) is 0 Å². The molecule has 1 aliphatic carbocycles. The van der Waals surface area contributed by atoms with Gasteiger partial charge in [-0.05, 0) is 35.7 Å². The van der Waals surface area contributed by atoms with Crippen LogP contribution in [0.4, 0.5) is 4.79 Å². The normalized spacial score (nSPS) is 17.1. The van der Waals surface area contributed by atoms with Crippen molar-refractivity contribution >= 4 is 33.3 Å². The molecular formula is C11H15BrN2O2S. The first-order chi connectivity index (χ1) is 8.09. The van der Waals surface area contributed by atoms with E-state index in [1.165, 1.54) is 11.0 Å². The summed E-state index contributed by atoms with van der Waals surface area (Å²) in [6.07, 6.45) is 5.60. The Morgan fingerprint density at radius 2 is 2.06 bits per heavy atom. The van der Waals surface area contributed by atoms with Crippen molar-refractivity contribution in [3.05, 3.63) is 19.1 Å². The Morgan fingerprint density at radius 3 is 2.59 bits per heavy atom. The Morgan fingerprint density at radius 1 is 1.41 bits per heavy atom. The third-order valence-electron chi connectivity index (χ3n) is 3.12. The van der Waals surface area contributed by atoms with Crippen LogP contribution in [-0.4, -0.2) is 16.6 Å². The maximum absolute atomic E-state index is 12.0. The van der Waals surface area contributed by atoms with E-state index in [1.54, 1.807) is 6.92 Å². The smallest absolute Gasteiger partial charge is 0.329 e. The van der Waals surface area contributed by atoms with Gasteiger partial charge in [-0.15, -0.1) is 0 Å². The van der Waals surface area contributed by atoms with Crippen molar-refractivity contribution in [2.45, 2.75) is 45.1 Å². The number of hydrogen-bond acceptors (Lipinski definition) is 3. The number of thiazole rings is 1. The van der Waals surface area contributed by atoms with Crippen LogP contribution in [0.2, 0.25) is 0 Å². The molecule has 1 aromatic heterocycles. The number of hydrogen-bond donors (Lipinski definition) is 1. The van der Waals surface area contributed by atoms with Crippen LogP contribution < -0.4 is 10.2 Å². The van der Waals surface area contributed by atoms with E-state index >= 15 is 0 Å². The predicted molar refractivity (Wildman–Crippen MR) is 71.8 cm³/mol. The number of carbonyl (C=O) groups is 1. The van der Waals surface area contributed by atoms with Crippen LogP contribution in [0.15, 0.2) is 8.58 Å². The van der Waals surface area contributed by atoms with Gasteiger partial charge in [0.1, 0.15) is 0 Å². The second-order valence-corrected chi connectivity index (χ2v) is 6.63. The van der Waals surface area contributed by atoms with Crippen LogP contribution >= 0.6 is 27.3 Å². The minimum Gasteiger partial charge on any atom is -0.335 e. The molecule has 0 bridgehead atoms. The van der Waals surface area contributed by atoms with E-state index in [4.69, 9.17) is 0 Å². The highest BCUT2D eigenvalue weighted by atomic mass is 79.9. The highest BCUT2D eigenvalue weighted by Crippen LogP contribution is 2.20. The monoisotopic (exact) mass is 318 g/mol. The molecule has 1 amide bonds. The van der Waals surface area contributed by atoms with Crippen LogP contribution in [0.1, 0.15) is 37.8 Å². The lowest BCUT2D eigenvalue weighted by Gasteiger charge is -2.22. The maximum Gasteiger partial charge on any atom is 0.329 e.